The molecule has 7 heteroatoms. The van der Waals surface area contributed by atoms with Gasteiger partial charge in [0, 0.05) is 12.6 Å². The number of hydrogen-bond acceptors (Lipinski definition) is 7. The number of rotatable bonds is 8. The largest absolute Gasteiger partial charge is 0.497 e. The van der Waals surface area contributed by atoms with Crippen LogP contribution in [0.1, 0.15) is 5.56 Å². The minimum Gasteiger partial charge on any atom is -0.497 e. The molecule has 7 nitrogen and oxygen atoms in total. The lowest BCUT2D eigenvalue weighted by Gasteiger charge is -2.12. The van der Waals surface area contributed by atoms with Crippen LogP contribution in [0, 0.1) is 0 Å². The number of ether oxygens (including phenoxy) is 2. The van der Waals surface area contributed by atoms with Gasteiger partial charge in [0.1, 0.15) is 11.5 Å². The first-order chi connectivity index (χ1) is 12.8. The first-order valence-electron chi connectivity index (χ1n) is 8.25. The lowest BCUT2D eigenvalue weighted by molar-refractivity contribution is 0.405. The number of aromatic nitrogens is 3. The highest BCUT2D eigenvalue weighted by Crippen LogP contribution is 2.30. The van der Waals surface area contributed by atoms with Crippen LogP contribution >= 0.6 is 0 Å². The molecule has 0 spiro atoms. The van der Waals surface area contributed by atoms with Crippen molar-refractivity contribution in [3.05, 3.63) is 60.3 Å². The molecule has 2 aromatic carbocycles. The normalized spacial score (nSPS) is 10.2. The standard InChI is InChI=1S/C19H21N5O2/c1-25-15-8-9-17(26-2)16(12-15)22-18-13-21-24-19(23-18)20-11-10-14-6-4-3-5-7-14/h3-9,12-13H,10-11H2,1-2H3,(H2,20,22,23,24). The molecule has 2 N–H and O–H groups in total. The Morgan fingerprint density at radius 1 is 1.00 bits per heavy atom. The summed E-state index contributed by atoms with van der Waals surface area (Å²) in [6, 6.07) is 15.7. The van der Waals surface area contributed by atoms with Crippen LogP contribution in [0.2, 0.25) is 0 Å². The quantitative estimate of drug-likeness (QED) is 0.644. The van der Waals surface area contributed by atoms with Crippen molar-refractivity contribution < 1.29 is 9.47 Å². The van der Waals surface area contributed by atoms with Crippen LogP contribution in [0.25, 0.3) is 0 Å². The van der Waals surface area contributed by atoms with Crippen LogP contribution in [0.4, 0.5) is 17.5 Å². The van der Waals surface area contributed by atoms with Crippen molar-refractivity contribution in [2.75, 3.05) is 31.4 Å². The van der Waals surface area contributed by atoms with Crippen LogP contribution in [-0.4, -0.2) is 35.9 Å². The highest BCUT2D eigenvalue weighted by atomic mass is 16.5. The van der Waals surface area contributed by atoms with Gasteiger partial charge in [0.15, 0.2) is 5.82 Å². The van der Waals surface area contributed by atoms with Gasteiger partial charge in [-0.05, 0) is 24.1 Å². The summed E-state index contributed by atoms with van der Waals surface area (Å²) >= 11 is 0. The van der Waals surface area contributed by atoms with Gasteiger partial charge in [-0.2, -0.15) is 10.1 Å². The second kappa shape index (κ2) is 8.66. The molecule has 134 valence electrons. The highest BCUT2D eigenvalue weighted by Gasteiger charge is 2.07. The van der Waals surface area contributed by atoms with Crippen LogP contribution in [0.15, 0.2) is 54.7 Å². The molecule has 0 aliphatic heterocycles. The molecule has 1 aromatic heterocycles. The van der Waals surface area contributed by atoms with E-state index in [9.17, 15) is 0 Å². The number of hydrogen-bond donors (Lipinski definition) is 2. The Labute approximate surface area is 152 Å². The van der Waals surface area contributed by atoms with Crippen molar-refractivity contribution >= 4 is 17.5 Å². The molecule has 0 bridgehead atoms. The van der Waals surface area contributed by atoms with Crippen molar-refractivity contribution in [3.8, 4) is 11.5 Å². The molecule has 0 unspecified atom stereocenters. The molecule has 0 aliphatic carbocycles. The van der Waals surface area contributed by atoms with Crippen LogP contribution in [-0.2, 0) is 6.42 Å². The topological polar surface area (TPSA) is 81.2 Å². The van der Waals surface area contributed by atoms with E-state index in [4.69, 9.17) is 9.47 Å². The molecule has 3 aromatic rings. The number of nitrogens with zero attached hydrogens (tertiary/aromatic N) is 3. The third-order valence-corrected chi connectivity index (χ3v) is 3.77. The van der Waals surface area contributed by atoms with Crippen LogP contribution in [0.5, 0.6) is 11.5 Å². The summed E-state index contributed by atoms with van der Waals surface area (Å²) in [5.74, 6) is 2.43. The lowest BCUT2D eigenvalue weighted by Crippen LogP contribution is -2.09. The van der Waals surface area contributed by atoms with Gasteiger partial charge in [-0.25, -0.2) is 0 Å². The zero-order valence-electron chi connectivity index (χ0n) is 14.8. The molecule has 0 saturated carbocycles. The lowest BCUT2D eigenvalue weighted by atomic mass is 10.1. The summed E-state index contributed by atoms with van der Waals surface area (Å²) < 4.78 is 10.6. The Morgan fingerprint density at radius 2 is 1.85 bits per heavy atom. The third-order valence-electron chi connectivity index (χ3n) is 3.77. The number of nitrogens with one attached hydrogen (secondary N) is 2. The molecule has 0 radical (unpaired) electrons. The first-order valence-corrected chi connectivity index (χ1v) is 8.25. The van der Waals surface area contributed by atoms with E-state index in [-0.39, 0.29) is 0 Å². The van der Waals surface area contributed by atoms with Crippen LogP contribution < -0.4 is 20.1 Å². The molecular weight excluding hydrogens is 330 g/mol. The summed E-state index contributed by atoms with van der Waals surface area (Å²) in [6.07, 6.45) is 2.44. The monoisotopic (exact) mass is 351 g/mol. The van der Waals surface area contributed by atoms with Gasteiger partial charge in [-0.1, -0.05) is 30.3 Å². The number of methoxy groups -OCH3 is 2. The molecule has 3 rings (SSSR count). The third kappa shape index (κ3) is 4.60. The Bertz CT molecular complexity index is 842. The molecule has 0 saturated heterocycles. The predicted molar refractivity (Wildman–Crippen MR) is 101 cm³/mol. The van der Waals surface area contributed by atoms with Gasteiger partial charge in [0.2, 0.25) is 5.95 Å². The molecule has 0 aliphatic rings. The van der Waals surface area contributed by atoms with E-state index in [1.807, 2.05) is 36.4 Å². The summed E-state index contributed by atoms with van der Waals surface area (Å²) in [5, 5.41) is 14.4. The average Bonchev–Trinajstić information content (AvgIpc) is 2.69. The fraction of sp³-hybridized carbons (Fsp3) is 0.211. The second-order valence-electron chi connectivity index (χ2n) is 5.52. The maximum Gasteiger partial charge on any atom is 0.244 e. The van der Waals surface area contributed by atoms with Gasteiger partial charge in [0.05, 0.1) is 26.1 Å². The van der Waals surface area contributed by atoms with E-state index in [2.05, 4.69) is 37.9 Å². The summed E-state index contributed by atoms with van der Waals surface area (Å²) in [6.45, 7) is 0.720. The van der Waals surface area contributed by atoms with Crippen molar-refractivity contribution in [3.63, 3.8) is 0 Å². The zero-order chi connectivity index (χ0) is 18.2. The van der Waals surface area contributed by atoms with E-state index < -0.39 is 0 Å². The maximum absolute atomic E-state index is 5.36. The molecule has 26 heavy (non-hydrogen) atoms. The molecule has 1 heterocycles. The molecule has 0 amide bonds. The second-order valence-corrected chi connectivity index (χ2v) is 5.52. The van der Waals surface area contributed by atoms with Crippen molar-refractivity contribution in [1.82, 2.24) is 15.2 Å². The van der Waals surface area contributed by atoms with E-state index in [0.717, 1.165) is 24.4 Å². The minimum atomic E-state index is 0.466. The van der Waals surface area contributed by atoms with E-state index >= 15 is 0 Å². The molecule has 0 fully saturated rings. The Kier molecular flexibility index (Phi) is 5.82. The average molecular weight is 351 g/mol. The van der Waals surface area contributed by atoms with Crippen LogP contribution in [0.3, 0.4) is 0 Å². The minimum absolute atomic E-state index is 0.466. The molecular formula is C19H21N5O2. The molecule has 0 atom stereocenters. The van der Waals surface area contributed by atoms with Gasteiger partial charge >= 0.3 is 0 Å². The zero-order valence-corrected chi connectivity index (χ0v) is 14.8. The van der Waals surface area contributed by atoms with E-state index in [1.165, 1.54) is 5.56 Å². The summed E-state index contributed by atoms with van der Waals surface area (Å²) in [5.41, 5.74) is 1.99. The van der Waals surface area contributed by atoms with Crippen molar-refractivity contribution in [1.29, 1.82) is 0 Å². The van der Waals surface area contributed by atoms with Crippen molar-refractivity contribution in [2.45, 2.75) is 6.42 Å². The van der Waals surface area contributed by atoms with Gasteiger partial charge in [0.25, 0.3) is 0 Å². The predicted octanol–water partition coefficient (Wildman–Crippen LogP) is 3.29. The Morgan fingerprint density at radius 3 is 2.62 bits per heavy atom. The number of anilines is 3. The maximum atomic E-state index is 5.36. The SMILES string of the molecule is COc1ccc(OC)c(Nc2cnnc(NCCc3ccccc3)n2)c1. The highest BCUT2D eigenvalue weighted by molar-refractivity contribution is 5.66. The fourth-order valence-corrected chi connectivity index (χ4v) is 2.45. The van der Waals surface area contributed by atoms with Gasteiger partial charge in [-0.15, -0.1) is 5.10 Å². The fourth-order valence-electron chi connectivity index (χ4n) is 2.45. The first kappa shape index (κ1) is 17.5. The number of benzene rings is 2. The van der Waals surface area contributed by atoms with E-state index in [1.54, 1.807) is 20.4 Å². The Hall–Kier alpha value is -3.35. The summed E-state index contributed by atoms with van der Waals surface area (Å²) in [7, 11) is 3.23. The van der Waals surface area contributed by atoms with E-state index in [0.29, 0.717) is 17.5 Å². The Balaban J connectivity index is 1.66. The smallest absolute Gasteiger partial charge is 0.244 e. The van der Waals surface area contributed by atoms with Crippen molar-refractivity contribution in [2.24, 2.45) is 0 Å². The van der Waals surface area contributed by atoms with Gasteiger partial charge in [-0.3, -0.25) is 0 Å². The van der Waals surface area contributed by atoms with Gasteiger partial charge < -0.3 is 20.1 Å². The summed E-state index contributed by atoms with van der Waals surface area (Å²) in [4.78, 5) is 4.44.